The van der Waals surface area contributed by atoms with Crippen molar-refractivity contribution < 1.29 is 13.9 Å². The molecule has 0 amide bonds. The van der Waals surface area contributed by atoms with Crippen LogP contribution in [0, 0.1) is 0 Å². The molecule has 0 spiro atoms. The molecule has 1 unspecified atom stereocenters. The van der Waals surface area contributed by atoms with Crippen molar-refractivity contribution in [3.05, 3.63) is 28.8 Å². The van der Waals surface area contributed by atoms with Crippen molar-refractivity contribution in [1.82, 2.24) is 0 Å². The Morgan fingerprint density at radius 3 is 2.09 bits per heavy atom. The summed E-state index contributed by atoms with van der Waals surface area (Å²) in [5.74, 6) is 0.657. The maximum atomic E-state index is 9.92. The summed E-state index contributed by atoms with van der Waals surface area (Å²) >= 11 is 0. The number of benzene rings is 1. The molecule has 5 heteroatoms. The highest BCUT2D eigenvalue weighted by Gasteiger charge is 2.27. The molecule has 0 aliphatic heterocycles. The maximum absolute atomic E-state index is 9.92. The third-order valence-electron chi connectivity index (χ3n) is 3.47. The Labute approximate surface area is 136 Å². The topological polar surface area (TPSA) is 64.7 Å². The second-order valence-electron chi connectivity index (χ2n) is 7.46. The van der Waals surface area contributed by atoms with Gasteiger partial charge in [-0.25, -0.2) is 0 Å². The summed E-state index contributed by atoms with van der Waals surface area (Å²) < 4.78 is 10.9. The molecule has 0 saturated heterocycles. The van der Waals surface area contributed by atoms with Gasteiger partial charge in [0.2, 0.25) is 0 Å². The van der Waals surface area contributed by atoms with Gasteiger partial charge in [0.15, 0.2) is 0 Å². The van der Waals surface area contributed by atoms with Crippen LogP contribution in [-0.4, -0.2) is 11.5 Å². The largest absolute Gasteiger partial charge is 0.426 e. The summed E-state index contributed by atoms with van der Waals surface area (Å²) in [5, 5.41) is 0. The molecule has 4 nitrogen and oxygen atoms in total. The van der Waals surface area contributed by atoms with Gasteiger partial charge in [-0.3, -0.25) is 0 Å². The predicted molar refractivity (Wildman–Crippen MR) is 93.1 cm³/mol. The van der Waals surface area contributed by atoms with Crippen molar-refractivity contribution in [3.63, 3.8) is 0 Å². The average molecular weight is 327 g/mol. The zero-order valence-corrected chi connectivity index (χ0v) is 15.8. The minimum absolute atomic E-state index is 0.0202. The molecule has 3 N–H and O–H groups in total. The zero-order valence-electron chi connectivity index (χ0n) is 14.9. The second kappa shape index (κ2) is 7.27. The first kappa shape index (κ1) is 19.4. The molecule has 0 aliphatic rings. The van der Waals surface area contributed by atoms with Crippen LogP contribution in [0.4, 0.5) is 0 Å². The second-order valence-corrected chi connectivity index (χ2v) is 8.38. The van der Waals surface area contributed by atoms with Crippen LogP contribution in [0.2, 0.25) is 0 Å². The fraction of sp³-hybridized carbons (Fsp3) is 0.647. The van der Waals surface area contributed by atoms with Gasteiger partial charge in [-0.05, 0) is 23.3 Å². The molecule has 0 aromatic heterocycles. The highest BCUT2D eigenvalue weighted by molar-refractivity contribution is 7.41. The fourth-order valence-corrected chi connectivity index (χ4v) is 2.80. The predicted octanol–water partition coefficient (Wildman–Crippen LogP) is 4.37. The summed E-state index contributed by atoms with van der Waals surface area (Å²) in [6, 6.07) is 4.23. The molecule has 1 aromatic carbocycles. The third-order valence-corrected chi connectivity index (χ3v) is 4.29. The van der Waals surface area contributed by atoms with Gasteiger partial charge >= 0.3 is 8.60 Å². The van der Waals surface area contributed by atoms with Gasteiger partial charge in [0.25, 0.3) is 0 Å². The standard InChI is InChI=1S/C17H30NO3P/c1-8-20-22(19)21-15-12(11-18)9-13(16(2,3)4)10-14(15)17(5,6)7/h9-10,19H,8,11,18H2,1-7H3. The monoisotopic (exact) mass is 327 g/mol. The first-order chi connectivity index (χ1) is 10.0. The molecule has 1 rings (SSSR count). The van der Waals surface area contributed by atoms with Gasteiger partial charge in [0.1, 0.15) is 5.75 Å². The fourth-order valence-electron chi connectivity index (χ4n) is 2.15. The number of nitrogens with two attached hydrogens (primary N) is 1. The van der Waals surface area contributed by atoms with E-state index in [1.807, 2.05) is 6.92 Å². The van der Waals surface area contributed by atoms with E-state index in [0.29, 0.717) is 18.9 Å². The van der Waals surface area contributed by atoms with Crippen LogP contribution in [0.15, 0.2) is 12.1 Å². The summed E-state index contributed by atoms with van der Waals surface area (Å²) in [6.45, 7) is 15.5. The van der Waals surface area contributed by atoms with Crippen LogP contribution in [0.5, 0.6) is 5.75 Å². The number of rotatable bonds is 5. The minimum atomic E-state index is -1.94. The maximum Gasteiger partial charge on any atom is 0.394 e. The first-order valence-corrected chi connectivity index (χ1v) is 8.81. The van der Waals surface area contributed by atoms with Gasteiger partial charge in [0.05, 0.1) is 6.61 Å². The minimum Gasteiger partial charge on any atom is -0.426 e. The lowest BCUT2D eigenvalue weighted by molar-refractivity contribution is 0.272. The van der Waals surface area contributed by atoms with Crippen LogP contribution in [0.1, 0.15) is 65.2 Å². The SMILES string of the molecule is CCOP(O)Oc1c(CN)cc(C(C)(C)C)cc1C(C)(C)C. The van der Waals surface area contributed by atoms with Gasteiger partial charge in [0, 0.05) is 17.7 Å². The van der Waals surface area contributed by atoms with E-state index in [4.69, 9.17) is 14.8 Å². The van der Waals surface area contributed by atoms with Crippen molar-refractivity contribution in [1.29, 1.82) is 0 Å². The lowest BCUT2D eigenvalue weighted by Crippen LogP contribution is -2.19. The van der Waals surface area contributed by atoms with E-state index in [1.54, 1.807) is 0 Å². The number of hydrogen-bond acceptors (Lipinski definition) is 4. The highest BCUT2D eigenvalue weighted by Crippen LogP contribution is 2.44. The van der Waals surface area contributed by atoms with Crippen LogP contribution in [0.3, 0.4) is 0 Å². The third kappa shape index (κ3) is 4.92. The van der Waals surface area contributed by atoms with Crippen LogP contribution in [-0.2, 0) is 21.9 Å². The smallest absolute Gasteiger partial charge is 0.394 e. The average Bonchev–Trinajstić information content (AvgIpc) is 2.36. The molecule has 0 saturated carbocycles. The van der Waals surface area contributed by atoms with E-state index in [0.717, 1.165) is 11.1 Å². The Bertz CT molecular complexity index is 504. The lowest BCUT2D eigenvalue weighted by Gasteiger charge is -2.29. The lowest BCUT2D eigenvalue weighted by atomic mass is 9.79. The van der Waals surface area contributed by atoms with Crippen molar-refractivity contribution in [2.75, 3.05) is 6.61 Å². The Morgan fingerprint density at radius 1 is 1.09 bits per heavy atom. The van der Waals surface area contributed by atoms with E-state index >= 15 is 0 Å². The summed E-state index contributed by atoms with van der Waals surface area (Å²) in [4.78, 5) is 9.92. The molecule has 0 aliphatic carbocycles. The van der Waals surface area contributed by atoms with Crippen LogP contribution >= 0.6 is 8.60 Å². The van der Waals surface area contributed by atoms with Crippen molar-refractivity contribution >= 4 is 8.60 Å². The molecular formula is C17H30NO3P. The van der Waals surface area contributed by atoms with E-state index in [-0.39, 0.29) is 10.8 Å². The molecule has 22 heavy (non-hydrogen) atoms. The molecule has 0 bridgehead atoms. The van der Waals surface area contributed by atoms with Gasteiger partial charge < -0.3 is 19.7 Å². The molecule has 0 fully saturated rings. The summed E-state index contributed by atoms with van der Waals surface area (Å²) in [5.41, 5.74) is 8.98. The summed E-state index contributed by atoms with van der Waals surface area (Å²) in [6.07, 6.45) is 0. The number of hydrogen-bond donors (Lipinski definition) is 2. The zero-order chi connectivity index (χ0) is 17.1. The van der Waals surface area contributed by atoms with E-state index in [1.165, 1.54) is 5.56 Å². The Balaban J connectivity index is 3.45. The quantitative estimate of drug-likeness (QED) is 0.788. The first-order valence-electron chi connectivity index (χ1n) is 7.68. The van der Waals surface area contributed by atoms with Crippen molar-refractivity contribution in [2.45, 2.75) is 65.8 Å². The van der Waals surface area contributed by atoms with E-state index in [9.17, 15) is 4.89 Å². The normalized spacial score (nSPS) is 14.0. The molecule has 1 atom stereocenters. The van der Waals surface area contributed by atoms with Gasteiger partial charge in [-0.1, -0.05) is 53.7 Å². The Hall–Kier alpha value is -0.670. The Morgan fingerprint density at radius 2 is 1.68 bits per heavy atom. The van der Waals surface area contributed by atoms with Crippen LogP contribution < -0.4 is 10.3 Å². The van der Waals surface area contributed by atoms with Crippen molar-refractivity contribution in [2.24, 2.45) is 5.73 Å². The Kier molecular flexibility index (Phi) is 6.40. The molecule has 0 radical (unpaired) electrons. The molecular weight excluding hydrogens is 297 g/mol. The van der Waals surface area contributed by atoms with Crippen molar-refractivity contribution in [3.8, 4) is 5.75 Å². The summed E-state index contributed by atoms with van der Waals surface area (Å²) in [7, 11) is -1.94. The molecule has 126 valence electrons. The van der Waals surface area contributed by atoms with E-state index < -0.39 is 8.60 Å². The van der Waals surface area contributed by atoms with E-state index in [2.05, 4.69) is 53.7 Å². The molecule has 0 heterocycles. The van der Waals surface area contributed by atoms with Gasteiger partial charge in [-0.15, -0.1) is 0 Å². The highest BCUT2D eigenvalue weighted by atomic mass is 31.2. The molecule has 1 aromatic rings. The van der Waals surface area contributed by atoms with Crippen LogP contribution in [0.25, 0.3) is 0 Å². The van der Waals surface area contributed by atoms with Gasteiger partial charge in [-0.2, -0.15) is 0 Å².